The summed E-state index contributed by atoms with van der Waals surface area (Å²) >= 11 is 1.28. The van der Waals surface area contributed by atoms with Gasteiger partial charge in [0, 0.05) is 0 Å². The monoisotopic (exact) mass is 413 g/mol. The zero-order valence-corrected chi connectivity index (χ0v) is 17.4. The maximum atomic E-state index is 12.6. The van der Waals surface area contributed by atoms with Crippen LogP contribution in [0, 0.1) is 5.92 Å². The molecule has 0 unspecified atom stereocenters. The van der Waals surface area contributed by atoms with E-state index in [4.69, 9.17) is 4.74 Å². The number of para-hydroxylation sites is 1. The second-order valence-corrected chi connectivity index (χ2v) is 7.91. The second kappa shape index (κ2) is 9.00. The minimum Gasteiger partial charge on any atom is -0.462 e. The van der Waals surface area contributed by atoms with Gasteiger partial charge in [0.1, 0.15) is 11.5 Å². The number of benzene rings is 1. The molecule has 1 N–H and O–H groups in total. The van der Waals surface area contributed by atoms with Crippen LogP contribution in [0.1, 0.15) is 36.7 Å². The Bertz CT molecular complexity index is 1100. The van der Waals surface area contributed by atoms with E-state index in [1.165, 1.54) is 22.2 Å². The molecule has 0 fully saturated rings. The number of rotatable bonds is 7. The Morgan fingerprint density at radius 2 is 2.03 bits per heavy atom. The van der Waals surface area contributed by atoms with Gasteiger partial charge in [-0.25, -0.2) is 9.78 Å². The van der Waals surface area contributed by atoms with E-state index >= 15 is 0 Å². The van der Waals surface area contributed by atoms with Gasteiger partial charge in [0.05, 0.1) is 29.4 Å². The molecule has 1 amide bonds. The summed E-state index contributed by atoms with van der Waals surface area (Å²) in [6.45, 7) is 5.91. The Balaban J connectivity index is 1.84. The molecule has 3 rings (SSSR count). The van der Waals surface area contributed by atoms with Crippen LogP contribution in [0.3, 0.4) is 0 Å². The highest BCUT2D eigenvalue weighted by Gasteiger charge is 2.22. The number of hydrogen-bond donors (Lipinski definition) is 1. The molecule has 1 aromatic carbocycles. The fourth-order valence-corrected chi connectivity index (χ4v) is 4.02. The molecule has 0 radical (unpaired) electrons. The van der Waals surface area contributed by atoms with Gasteiger partial charge in [-0.2, -0.15) is 0 Å². The third kappa shape index (κ3) is 4.71. The lowest BCUT2D eigenvalue weighted by Gasteiger charge is -2.10. The quantitative estimate of drug-likeness (QED) is 0.599. The third-order valence-corrected chi connectivity index (χ3v) is 5.22. The van der Waals surface area contributed by atoms with Crippen molar-refractivity contribution in [2.45, 2.75) is 33.7 Å². The van der Waals surface area contributed by atoms with Gasteiger partial charge in [0.15, 0.2) is 0 Å². The van der Waals surface area contributed by atoms with Gasteiger partial charge in [-0.1, -0.05) is 26.0 Å². The smallest absolute Gasteiger partial charge is 0.341 e. The molecule has 0 bridgehead atoms. The van der Waals surface area contributed by atoms with Crippen LogP contribution in [0.5, 0.6) is 0 Å². The number of ether oxygens (including phenoxy) is 1. The minimum absolute atomic E-state index is 0.198. The van der Waals surface area contributed by atoms with Crippen LogP contribution in [-0.2, 0) is 22.5 Å². The van der Waals surface area contributed by atoms with Crippen LogP contribution in [0.25, 0.3) is 10.9 Å². The molecular formula is C21H23N3O4S. The largest absolute Gasteiger partial charge is 0.462 e. The van der Waals surface area contributed by atoms with Crippen LogP contribution in [0.4, 0.5) is 5.00 Å². The summed E-state index contributed by atoms with van der Waals surface area (Å²) < 4.78 is 6.42. The number of hydrogen-bond acceptors (Lipinski definition) is 6. The maximum Gasteiger partial charge on any atom is 0.341 e. The topological polar surface area (TPSA) is 90.3 Å². The Labute approximate surface area is 172 Å². The predicted molar refractivity (Wildman–Crippen MR) is 113 cm³/mol. The number of carbonyl (C=O) groups excluding carboxylic acids is 2. The molecule has 7 nitrogen and oxygen atoms in total. The van der Waals surface area contributed by atoms with Crippen LogP contribution in [-0.4, -0.2) is 28.0 Å². The number of nitrogens with one attached hydrogen (secondary N) is 1. The van der Waals surface area contributed by atoms with Crippen LogP contribution in [0.2, 0.25) is 0 Å². The summed E-state index contributed by atoms with van der Waals surface area (Å²) in [6, 6.07) is 6.97. The van der Waals surface area contributed by atoms with Crippen molar-refractivity contribution in [2.75, 3.05) is 11.9 Å². The van der Waals surface area contributed by atoms with Crippen LogP contribution < -0.4 is 10.9 Å². The summed E-state index contributed by atoms with van der Waals surface area (Å²) in [5.41, 5.74) is 1.53. The highest BCUT2D eigenvalue weighted by molar-refractivity contribution is 7.15. The van der Waals surface area contributed by atoms with E-state index in [2.05, 4.69) is 24.1 Å². The lowest BCUT2D eigenvalue weighted by molar-refractivity contribution is -0.116. The van der Waals surface area contributed by atoms with E-state index in [0.29, 0.717) is 33.8 Å². The van der Waals surface area contributed by atoms with Gasteiger partial charge < -0.3 is 10.1 Å². The zero-order chi connectivity index (χ0) is 21.0. The van der Waals surface area contributed by atoms with Crippen molar-refractivity contribution in [3.05, 3.63) is 57.5 Å². The standard InChI is InChI=1S/C21H23N3O4S/c1-4-28-21(27)18-14(9-13(2)3)11-29-19(18)23-17(25)10-24-12-22-16-8-6-5-7-15(16)20(24)26/h5-8,11-13H,4,9-10H2,1-3H3,(H,23,25). The van der Waals surface area contributed by atoms with Crippen molar-refractivity contribution < 1.29 is 14.3 Å². The summed E-state index contributed by atoms with van der Waals surface area (Å²) in [5.74, 6) is -0.513. The molecule has 152 valence electrons. The molecule has 0 atom stereocenters. The summed E-state index contributed by atoms with van der Waals surface area (Å²) in [5, 5.41) is 5.51. The van der Waals surface area contributed by atoms with Crippen LogP contribution in [0.15, 0.2) is 40.8 Å². The van der Waals surface area contributed by atoms with Crippen molar-refractivity contribution in [3.63, 3.8) is 0 Å². The van der Waals surface area contributed by atoms with E-state index in [1.807, 2.05) is 5.38 Å². The number of amides is 1. The first-order valence-corrected chi connectivity index (χ1v) is 10.3. The highest BCUT2D eigenvalue weighted by Crippen LogP contribution is 2.31. The van der Waals surface area contributed by atoms with Gasteiger partial charge >= 0.3 is 5.97 Å². The molecular weight excluding hydrogens is 390 g/mol. The van der Waals surface area contributed by atoms with Gasteiger partial charge in [-0.3, -0.25) is 14.2 Å². The number of esters is 1. The number of thiophene rings is 1. The van der Waals surface area contributed by atoms with Crippen molar-refractivity contribution in [2.24, 2.45) is 5.92 Å². The fraction of sp³-hybridized carbons (Fsp3) is 0.333. The molecule has 2 aromatic heterocycles. The molecule has 2 heterocycles. The lowest BCUT2D eigenvalue weighted by atomic mass is 10.0. The van der Waals surface area contributed by atoms with Gasteiger partial charge in [-0.15, -0.1) is 11.3 Å². The van der Waals surface area contributed by atoms with Crippen molar-refractivity contribution in [1.29, 1.82) is 0 Å². The first kappa shape index (κ1) is 20.7. The number of aromatic nitrogens is 2. The maximum absolute atomic E-state index is 12.6. The minimum atomic E-state index is -0.454. The number of anilines is 1. The fourth-order valence-electron chi connectivity index (χ4n) is 3.04. The van der Waals surface area contributed by atoms with Crippen molar-refractivity contribution in [3.8, 4) is 0 Å². The molecule has 0 spiro atoms. The van der Waals surface area contributed by atoms with E-state index in [-0.39, 0.29) is 18.7 Å². The van der Waals surface area contributed by atoms with E-state index in [1.54, 1.807) is 31.2 Å². The number of nitrogens with zero attached hydrogens (tertiary/aromatic N) is 2. The molecule has 8 heteroatoms. The summed E-state index contributed by atoms with van der Waals surface area (Å²) in [4.78, 5) is 41.8. The van der Waals surface area contributed by atoms with E-state index in [9.17, 15) is 14.4 Å². The van der Waals surface area contributed by atoms with E-state index < -0.39 is 11.9 Å². The molecule has 3 aromatic rings. The molecule has 0 aliphatic carbocycles. The average Bonchev–Trinajstić information content (AvgIpc) is 3.05. The Kier molecular flexibility index (Phi) is 6.43. The van der Waals surface area contributed by atoms with E-state index in [0.717, 1.165) is 5.56 Å². The molecule has 0 saturated carbocycles. The molecule has 0 aliphatic rings. The van der Waals surface area contributed by atoms with Crippen molar-refractivity contribution >= 4 is 39.1 Å². The predicted octanol–water partition coefficient (Wildman–Crippen LogP) is 3.47. The summed E-state index contributed by atoms with van der Waals surface area (Å²) in [7, 11) is 0. The first-order valence-electron chi connectivity index (χ1n) is 9.42. The zero-order valence-electron chi connectivity index (χ0n) is 16.6. The van der Waals surface area contributed by atoms with Crippen molar-refractivity contribution in [1.82, 2.24) is 9.55 Å². The molecule has 29 heavy (non-hydrogen) atoms. The first-order chi connectivity index (χ1) is 13.9. The molecule has 0 aliphatic heterocycles. The average molecular weight is 413 g/mol. The molecule has 0 saturated heterocycles. The highest BCUT2D eigenvalue weighted by atomic mass is 32.1. The second-order valence-electron chi connectivity index (χ2n) is 7.03. The van der Waals surface area contributed by atoms with Gasteiger partial charge in [0.25, 0.3) is 5.56 Å². The third-order valence-electron chi connectivity index (χ3n) is 4.27. The number of fused-ring (bicyclic) bond motifs is 1. The van der Waals surface area contributed by atoms with Gasteiger partial charge in [0.2, 0.25) is 5.91 Å². The lowest BCUT2D eigenvalue weighted by Crippen LogP contribution is -2.28. The number of carbonyl (C=O) groups is 2. The van der Waals surface area contributed by atoms with Crippen LogP contribution >= 0.6 is 11.3 Å². The Morgan fingerprint density at radius 3 is 2.76 bits per heavy atom. The SMILES string of the molecule is CCOC(=O)c1c(CC(C)C)csc1NC(=O)Cn1cnc2ccccc2c1=O. The normalized spacial score (nSPS) is 11.0. The Morgan fingerprint density at radius 1 is 1.28 bits per heavy atom. The van der Waals surface area contributed by atoms with Gasteiger partial charge in [-0.05, 0) is 42.3 Å². The Hall–Kier alpha value is -3.00. The summed E-state index contributed by atoms with van der Waals surface area (Å²) in [6.07, 6.45) is 2.06.